The molecule has 1 aliphatic rings. The number of nitrogens with zero attached hydrogens (tertiary/aromatic N) is 2. The van der Waals surface area contributed by atoms with Crippen molar-refractivity contribution in [3.63, 3.8) is 0 Å². The highest BCUT2D eigenvalue weighted by Crippen LogP contribution is 2.27. The van der Waals surface area contributed by atoms with Gasteiger partial charge in [0, 0.05) is 36.1 Å². The van der Waals surface area contributed by atoms with Crippen LogP contribution in [-0.4, -0.2) is 28.5 Å². The number of piperidine rings is 1. The fourth-order valence-electron chi connectivity index (χ4n) is 3.46. The van der Waals surface area contributed by atoms with Gasteiger partial charge in [-0.3, -0.25) is 4.79 Å². The zero-order chi connectivity index (χ0) is 15.7. The van der Waals surface area contributed by atoms with Crippen LogP contribution in [0, 0.1) is 20.8 Å². The summed E-state index contributed by atoms with van der Waals surface area (Å²) in [4.78, 5) is 14.6. The van der Waals surface area contributed by atoms with E-state index in [-0.39, 0.29) is 5.91 Å². The van der Waals surface area contributed by atoms with Crippen molar-refractivity contribution in [1.82, 2.24) is 9.47 Å². The molecular weight excluding hydrogens is 272 g/mol. The number of carbonyl (C=O) groups excluding carboxylic acids is 1. The van der Waals surface area contributed by atoms with Crippen molar-refractivity contribution in [2.45, 2.75) is 39.7 Å². The van der Waals surface area contributed by atoms with Gasteiger partial charge in [-0.2, -0.15) is 0 Å². The SMILES string of the molecule is Cc1ccc(C(=O)N2CCC(n3c(C)ccc3C)CC2)cc1. The van der Waals surface area contributed by atoms with Crippen molar-refractivity contribution in [3.05, 3.63) is 58.9 Å². The summed E-state index contributed by atoms with van der Waals surface area (Å²) in [6, 6.07) is 12.8. The number of amides is 1. The highest BCUT2D eigenvalue weighted by Gasteiger charge is 2.25. The molecule has 1 fully saturated rings. The van der Waals surface area contributed by atoms with Crippen LogP contribution in [0.25, 0.3) is 0 Å². The molecule has 3 nitrogen and oxygen atoms in total. The van der Waals surface area contributed by atoms with Gasteiger partial charge in [0.05, 0.1) is 0 Å². The molecule has 0 atom stereocenters. The molecule has 2 heterocycles. The van der Waals surface area contributed by atoms with E-state index in [9.17, 15) is 4.79 Å². The third-order valence-corrected chi connectivity index (χ3v) is 4.74. The maximum atomic E-state index is 12.6. The molecule has 1 aliphatic heterocycles. The Morgan fingerprint density at radius 1 is 0.909 bits per heavy atom. The maximum absolute atomic E-state index is 12.6. The lowest BCUT2D eigenvalue weighted by atomic mass is 10.0. The quantitative estimate of drug-likeness (QED) is 0.825. The van der Waals surface area contributed by atoms with E-state index in [0.29, 0.717) is 6.04 Å². The molecule has 3 rings (SSSR count). The highest BCUT2D eigenvalue weighted by molar-refractivity contribution is 5.94. The molecule has 0 radical (unpaired) electrons. The predicted molar refractivity (Wildman–Crippen MR) is 89.3 cm³/mol. The van der Waals surface area contributed by atoms with E-state index in [4.69, 9.17) is 0 Å². The Morgan fingerprint density at radius 3 is 2.00 bits per heavy atom. The average Bonchev–Trinajstić information content (AvgIpc) is 2.86. The third-order valence-electron chi connectivity index (χ3n) is 4.74. The first-order chi connectivity index (χ1) is 10.6. The lowest BCUT2D eigenvalue weighted by Crippen LogP contribution is -2.39. The van der Waals surface area contributed by atoms with Crippen molar-refractivity contribution < 1.29 is 4.79 Å². The van der Waals surface area contributed by atoms with Crippen LogP contribution < -0.4 is 0 Å². The smallest absolute Gasteiger partial charge is 0.253 e. The van der Waals surface area contributed by atoms with Gasteiger partial charge in [0.1, 0.15) is 0 Å². The molecular formula is C19H24N2O. The monoisotopic (exact) mass is 296 g/mol. The normalized spacial score (nSPS) is 16.0. The van der Waals surface area contributed by atoms with Gasteiger partial charge in [-0.25, -0.2) is 0 Å². The van der Waals surface area contributed by atoms with Gasteiger partial charge >= 0.3 is 0 Å². The average molecular weight is 296 g/mol. The van der Waals surface area contributed by atoms with Crippen LogP contribution in [0.15, 0.2) is 36.4 Å². The third kappa shape index (κ3) is 2.80. The van der Waals surface area contributed by atoms with Gasteiger partial charge < -0.3 is 9.47 Å². The van der Waals surface area contributed by atoms with Gasteiger partial charge in [-0.05, 0) is 57.9 Å². The Bertz CT molecular complexity index is 642. The molecule has 1 amide bonds. The fourth-order valence-corrected chi connectivity index (χ4v) is 3.46. The first-order valence-corrected chi connectivity index (χ1v) is 8.06. The van der Waals surface area contributed by atoms with Gasteiger partial charge in [0.2, 0.25) is 0 Å². The number of aryl methyl sites for hydroxylation is 3. The minimum absolute atomic E-state index is 0.166. The Morgan fingerprint density at radius 2 is 1.45 bits per heavy atom. The maximum Gasteiger partial charge on any atom is 0.253 e. The topological polar surface area (TPSA) is 25.2 Å². The lowest BCUT2D eigenvalue weighted by molar-refractivity contribution is 0.0693. The summed E-state index contributed by atoms with van der Waals surface area (Å²) in [5, 5.41) is 0. The van der Waals surface area contributed by atoms with E-state index in [1.54, 1.807) is 0 Å². The summed E-state index contributed by atoms with van der Waals surface area (Å²) in [5.74, 6) is 0.166. The molecule has 0 unspecified atom stereocenters. The largest absolute Gasteiger partial charge is 0.346 e. The van der Waals surface area contributed by atoms with Crippen molar-refractivity contribution in [2.24, 2.45) is 0 Å². The summed E-state index contributed by atoms with van der Waals surface area (Å²) >= 11 is 0. The number of carbonyl (C=O) groups is 1. The van der Waals surface area contributed by atoms with Crippen LogP contribution in [0.2, 0.25) is 0 Å². The molecule has 0 saturated carbocycles. The van der Waals surface area contributed by atoms with E-state index < -0.39 is 0 Å². The number of likely N-dealkylation sites (tertiary alicyclic amines) is 1. The van der Waals surface area contributed by atoms with Crippen LogP contribution >= 0.6 is 0 Å². The van der Waals surface area contributed by atoms with Crippen molar-refractivity contribution in [2.75, 3.05) is 13.1 Å². The second kappa shape index (κ2) is 5.99. The molecule has 0 spiro atoms. The van der Waals surface area contributed by atoms with Crippen LogP contribution in [-0.2, 0) is 0 Å². The van der Waals surface area contributed by atoms with Crippen LogP contribution in [0.5, 0.6) is 0 Å². The van der Waals surface area contributed by atoms with E-state index in [1.807, 2.05) is 36.1 Å². The van der Waals surface area contributed by atoms with Crippen LogP contribution in [0.3, 0.4) is 0 Å². The summed E-state index contributed by atoms with van der Waals surface area (Å²) in [5.41, 5.74) is 4.63. The lowest BCUT2D eigenvalue weighted by Gasteiger charge is -2.34. The minimum Gasteiger partial charge on any atom is -0.346 e. The number of rotatable bonds is 2. The van der Waals surface area contributed by atoms with Crippen molar-refractivity contribution >= 4 is 5.91 Å². The van der Waals surface area contributed by atoms with Crippen LogP contribution in [0.1, 0.15) is 46.2 Å². The molecule has 2 aromatic rings. The Hall–Kier alpha value is -2.03. The molecule has 0 N–H and O–H groups in total. The minimum atomic E-state index is 0.166. The van der Waals surface area contributed by atoms with Gasteiger partial charge in [0.25, 0.3) is 5.91 Å². The zero-order valence-electron chi connectivity index (χ0n) is 13.7. The fraction of sp³-hybridized carbons (Fsp3) is 0.421. The molecule has 3 heteroatoms. The van der Waals surface area contributed by atoms with Gasteiger partial charge in [0.15, 0.2) is 0 Å². The number of aromatic nitrogens is 1. The van der Waals surface area contributed by atoms with E-state index >= 15 is 0 Å². The number of benzene rings is 1. The summed E-state index contributed by atoms with van der Waals surface area (Å²) in [6.07, 6.45) is 2.07. The summed E-state index contributed by atoms with van der Waals surface area (Å²) in [6.45, 7) is 8.05. The second-order valence-corrected chi connectivity index (χ2v) is 6.38. The summed E-state index contributed by atoms with van der Waals surface area (Å²) in [7, 11) is 0. The van der Waals surface area contributed by atoms with Crippen molar-refractivity contribution in [3.8, 4) is 0 Å². The second-order valence-electron chi connectivity index (χ2n) is 6.38. The molecule has 0 bridgehead atoms. The highest BCUT2D eigenvalue weighted by atomic mass is 16.2. The summed E-state index contributed by atoms with van der Waals surface area (Å²) < 4.78 is 2.42. The van der Waals surface area contributed by atoms with E-state index in [0.717, 1.165) is 31.5 Å². The number of hydrogen-bond acceptors (Lipinski definition) is 1. The molecule has 1 aromatic heterocycles. The molecule has 116 valence electrons. The molecule has 1 aromatic carbocycles. The standard InChI is InChI=1S/C19H24N2O/c1-14-4-8-17(9-5-14)19(22)20-12-10-18(11-13-20)21-15(2)6-7-16(21)3/h4-9,18H,10-13H2,1-3H3. The predicted octanol–water partition coefficient (Wildman–Crippen LogP) is 3.89. The molecule has 0 aliphatic carbocycles. The van der Waals surface area contributed by atoms with Gasteiger partial charge in [-0.15, -0.1) is 0 Å². The van der Waals surface area contributed by atoms with Crippen molar-refractivity contribution in [1.29, 1.82) is 0 Å². The molecule has 1 saturated heterocycles. The van der Waals surface area contributed by atoms with E-state index in [1.165, 1.54) is 17.0 Å². The first kappa shape index (κ1) is 14.9. The Labute approximate surface area is 132 Å². The first-order valence-electron chi connectivity index (χ1n) is 8.06. The Kier molecular flexibility index (Phi) is 4.06. The van der Waals surface area contributed by atoms with Gasteiger partial charge in [-0.1, -0.05) is 17.7 Å². The van der Waals surface area contributed by atoms with Crippen LogP contribution in [0.4, 0.5) is 0 Å². The zero-order valence-corrected chi connectivity index (χ0v) is 13.7. The van der Waals surface area contributed by atoms with E-state index in [2.05, 4.69) is 30.5 Å². The molecule has 22 heavy (non-hydrogen) atoms. The number of hydrogen-bond donors (Lipinski definition) is 0. The Balaban J connectivity index is 1.67.